The first kappa shape index (κ1) is 38.0. The smallest absolute Gasteiger partial charge is 0.407 e. The van der Waals surface area contributed by atoms with E-state index in [9.17, 15) is 24.9 Å². The first-order valence-electron chi connectivity index (χ1n) is 17.1. The molecule has 0 spiro atoms. The number of aliphatic hydroxyl groups excluding tert-OH is 2. The predicted molar refractivity (Wildman–Crippen MR) is 176 cm³/mol. The summed E-state index contributed by atoms with van der Waals surface area (Å²) in [4.78, 5) is 27.2. The standard InChI is InChI=1S/C35H55N3O10/c1-7-25-14-13-21(2)32(46-25)47-29-22(3)17-24(30(27(29)40)48-33-28(41)31(36-5)35(4,43)20-45-33)18-26(39)38(6)16-15-37-34(42)44-19-23-11-9-8-10-12-23/h8-12,14,21-22,24,27-33,36,40-41,43H,7,13,15-20H2,1-6H3,(H,37,42)/t21-,22+,24+,27+,28-,29?,30+,31-,32-,33-,35+/m1/s1. The third kappa shape index (κ3) is 9.68. The summed E-state index contributed by atoms with van der Waals surface area (Å²) in [7, 11) is 3.28. The molecule has 1 saturated heterocycles. The third-order valence-electron chi connectivity index (χ3n) is 9.69. The number of carbonyl (C=O) groups excluding carboxylic acids is 2. The van der Waals surface area contributed by atoms with E-state index in [1.54, 1.807) is 21.0 Å². The molecule has 4 rings (SSSR count). The van der Waals surface area contributed by atoms with Crippen molar-refractivity contribution in [2.24, 2.45) is 17.8 Å². The van der Waals surface area contributed by atoms with E-state index in [2.05, 4.69) is 16.7 Å². The molecule has 1 aromatic carbocycles. The third-order valence-corrected chi connectivity index (χ3v) is 9.69. The van der Waals surface area contributed by atoms with Crippen LogP contribution >= 0.6 is 0 Å². The summed E-state index contributed by atoms with van der Waals surface area (Å²) >= 11 is 0. The van der Waals surface area contributed by atoms with Crippen molar-refractivity contribution in [3.05, 3.63) is 47.7 Å². The van der Waals surface area contributed by atoms with Crippen LogP contribution in [0, 0.1) is 17.8 Å². The van der Waals surface area contributed by atoms with Gasteiger partial charge >= 0.3 is 6.09 Å². The van der Waals surface area contributed by atoms with E-state index in [0.717, 1.165) is 24.2 Å². The number of nitrogens with one attached hydrogen (secondary N) is 2. The first-order valence-corrected chi connectivity index (χ1v) is 17.1. The second kappa shape index (κ2) is 17.2. The lowest BCUT2D eigenvalue weighted by Gasteiger charge is -2.49. The molecule has 1 unspecified atom stereocenters. The van der Waals surface area contributed by atoms with Crippen LogP contribution in [0.5, 0.6) is 0 Å². The predicted octanol–water partition coefficient (Wildman–Crippen LogP) is 2.28. The summed E-state index contributed by atoms with van der Waals surface area (Å²) < 4.78 is 29.9. The molecule has 13 heteroatoms. The number of nitrogens with zero attached hydrogens (tertiary/aromatic N) is 1. The van der Waals surface area contributed by atoms with E-state index in [0.29, 0.717) is 6.42 Å². The normalized spacial score (nSPS) is 35.2. The zero-order chi connectivity index (χ0) is 35.0. The van der Waals surface area contributed by atoms with Crippen LogP contribution < -0.4 is 10.6 Å². The molecule has 0 aromatic heterocycles. The van der Waals surface area contributed by atoms with Gasteiger partial charge in [0, 0.05) is 38.9 Å². The molecule has 1 saturated carbocycles. The van der Waals surface area contributed by atoms with Gasteiger partial charge in [-0.1, -0.05) is 51.1 Å². The number of ether oxygens (including phenoxy) is 5. The molecule has 2 aliphatic heterocycles. The van der Waals surface area contributed by atoms with E-state index in [1.807, 2.05) is 51.1 Å². The highest BCUT2D eigenvalue weighted by Gasteiger charge is 2.51. The quantitative estimate of drug-likeness (QED) is 0.208. The lowest BCUT2D eigenvalue weighted by atomic mass is 9.74. The van der Waals surface area contributed by atoms with Crippen molar-refractivity contribution in [2.75, 3.05) is 33.8 Å². The maximum atomic E-state index is 13.5. The highest BCUT2D eigenvalue weighted by molar-refractivity contribution is 5.76. The van der Waals surface area contributed by atoms with Crippen LogP contribution in [0.25, 0.3) is 0 Å². The summed E-state index contributed by atoms with van der Waals surface area (Å²) in [6.07, 6.45) is -2.20. The Morgan fingerprint density at radius 1 is 1.06 bits per heavy atom. The van der Waals surface area contributed by atoms with Crippen molar-refractivity contribution >= 4 is 12.0 Å². The summed E-state index contributed by atoms with van der Waals surface area (Å²) in [5.74, 6) is 0.112. The first-order chi connectivity index (χ1) is 22.8. The van der Waals surface area contributed by atoms with Crippen LogP contribution in [-0.2, 0) is 35.1 Å². The van der Waals surface area contributed by atoms with Gasteiger partial charge < -0.3 is 54.5 Å². The zero-order valence-electron chi connectivity index (χ0n) is 29.0. The van der Waals surface area contributed by atoms with Gasteiger partial charge in [0.15, 0.2) is 6.29 Å². The van der Waals surface area contributed by atoms with Crippen LogP contribution in [0.4, 0.5) is 4.79 Å². The van der Waals surface area contributed by atoms with Gasteiger partial charge in [0.05, 0.1) is 30.6 Å². The molecule has 11 atom stereocenters. The van der Waals surface area contributed by atoms with Crippen molar-refractivity contribution in [1.82, 2.24) is 15.5 Å². The molecule has 2 amide bonds. The Morgan fingerprint density at radius 3 is 2.46 bits per heavy atom. The highest BCUT2D eigenvalue weighted by atomic mass is 16.7. The molecule has 2 fully saturated rings. The fourth-order valence-electron chi connectivity index (χ4n) is 6.77. The Labute approximate surface area is 283 Å². The number of allylic oxidation sites excluding steroid dienone is 2. The molecule has 3 aliphatic rings. The monoisotopic (exact) mass is 677 g/mol. The van der Waals surface area contributed by atoms with E-state index in [1.165, 1.54) is 4.90 Å². The minimum atomic E-state index is -1.35. The average Bonchev–Trinajstić information content (AvgIpc) is 3.06. The van der Waals surface area contributed by atoms with Gasteiger partial charge in [-0.05, 0) is 50.3 Å². The molecular formula is C35H55N3O10. The summed E-state index contributed by atoms with van der Waals surface area (Å²) in [5.41, 5.74) is -0.479. The van der Waals surface area contributed by atoms with Gasteiger partial charge in [-0.15, -0.1) is 0 Å². The number of rotatable bonds is 13. The maximum Gasteiger partial charge on any atom is 0.407 e. The largest absolute Gasteiger partial charge is 0.469 e. The molecular weight excluding hydrogens is 622 g/mol. The van der Waals surface area contributed by atoms with Crippen LogP contribution in [0.15, 0.2) is 42.2 Å². The minimum Gasteiger partial charge on any atom is -0.469 e. The Kier molecular flexibility index (Phi) is 13.7. The molecule has 5 N–H and O–H groups in total. The highest BCUT2D eigenvalue weighted by Crippen LogP contribution is 2.40. The Hall–Kier alpha value is -2.78. The minimum absolute atomic E-state index is 0.0444. The Bertz CT molecular complexity index is 1220. The van der Waals surface area contributed by atoms with Crippen molar-refractivity contribution < 1.29 is 48.6 Å². The zero-order valence-corrected chi connectivity index (χ0v) is 29.0. The van der Waals surface area contributed by atoms with E-state index < -0.39 is 60.6 Å². The van der Waals surface area contributed by atoms with Gasteiger partial charge in [-0.3, -0.25) is 4.79 Å². The van der Waals surface area contributed by atoms with Crippen molar-refractivity contribution in [1.29, 1.82) is 0 Å². The van der Waals surface area contributed by atoms with Gasteiger partial charge in [0.25, 0.3) is 0 Å². The number of aliphatic hydroxyl groups is 3. The Morgan fingerprint density at radius 2 is 1.77 bits per heavy atom. The molecule has 48 heavy (non-hydrogen) atoms. The van der Waals surface area contributed by atoms with Gasteiger partial charge in [0.1, 0.15) is 24.4 Å². The summed E-state index contributed by atoms with van der Waals surface area (Å²) in [6.45, 7) is 8.06. The fraction of sp³-hybridized carbons (Fsp3) is 0.714. The molecule has 1 aromatic rings. The Balaban J connectivity index is 1.41. The number of benzene rings is 1. The lowest BCUT2D eigenvalue weighted by molar-refractivity contribution is -0.312. The average molecular weight is 678 g/mol. The second-order valence-electron chi connectivity index (χ2n) is 13.7. The van der Waals surface area contributed by atoms with Crippen LogP contribution in [0.2, 0.25) is 0 Å². The van der Waals surface area contributed by atoms with Crippen LogP contribution in [-0.4, -0.2) is 115 Å². The summed E-state index contributed by atoms with van der Waals surface area (Å²) in [6, 6.07) is 8.59. The number of hydrogen-bond donors (Lipinski definition) is 5. The van der Waals surface area contributed by atoms with Gasteiger partial charge in [0.2, 0.25) is 12.2 Å². The lowest BCUT2D eigenvalue weighted by Crippen LogP contribution is -2.66. The van der Waals surface area contributed by atoms with Gasteiger partial charge in [-0.2, -0.15) is 0 Å². The molecule has 1 aliphatic carbocycles. The second-order valence-corrected chi connectivity index (χ2v) is 13.7. The van der Waals surface area contributed by atoms with Crippen molar-refractivity contribution in [3.8, 4) is 0 Å². The summed E-state index contributed by atoms with van der Waals surface area (Å²) in [5, 5.41) is 39.3. The topological polar surface area (TPSA) is 168 Å². The molecule has 0 bridgehead atoms. The van der Waals surface area contributed by atoms with E-state index >= 15 is 0 Å². The number of amides is 2. The van der Waals surface area contributed by atoms with E-state index in [4.69, 9.17) is 23.7 Å². The SMILES string of the molecule is CCC1=CC[C@@H](C)[C@@H](OC2[C@@H](C)C[C@@H](CC(=O)N(C)CCNC(=O)OCc3ccccc3)[C@H](O[C@H]3OC[C@](C)(O)[C@H](NC)[C@H]3O)[C@H]2O)O1. The molecule has 0 radical (unpaired) electrons. The van der Waals surface area contributed by atoms with Crippen molar-refractivity contribution in [2.45, 2.75) is 109 Å². The molecule has 13 nitrogen and oxygen atoms in total. The van der Waals surface area contributed by atoms with E-state index in [-0.39, 0.29) is 50.5 Å². The van der Waals surface area contributed by atoms with Gasteiger partial charge in [-0.25, -0.2) is 4.79 Å². The molecule has 2 heterocycles. The van der Waals surface area contributed by atoms with Crippen LogP contribution in [0.1, 0.15) is 58.9 Å². The molecule has 270 valence electrons. The number of likely N-dealkylation sites (N-methyl/N-ethyl adjacent to an activating group) is 2. The fourth-order valence-corrected chi connectivity index (χ4v) is 6.77. The number of hydrogen-bond acceptors (Lipinski definition) is 11. The number of carbonyl (C=O) groups is 2. The maximum absolute atomic E-state index is 13.5. The van der Waals surface area contributed by atoms with Crippen molar-refractivity contribution in [3.63, 3.8) is 0 Å². The number of alkyl carbamates (subject to hydrolysis) is 1. The van der Waals surface area contributed by atoms with Crippen LogP contribution in [0.3, 0.4) is 0 Å².